The third kappa shape index (κ3) is 4.42. The molecule has 1 aromatic carbocycles. The van der Waals surface area contributed by atoms with Gasteiger partial charge < -0.3 is 14.9 Å². The molecular formula is C23H27N3O3. The molecule has 6 heteroatoms. The van der Waals surface area contributed by atoms with E-state index in [9.17, 15) is 14.7 Å². The Morgan fingerprint density at radius 1 is 1.00 bits per heavy atom. The summed E-state index contributed by atoms with van der Waals surface area (Å²) in [6.07, 6.45) is 5.66. The second-order valence-corrected chi connectivity index (χ2v) is 7.98. The summed E-state index contributed by atoms with van der Waals surface area (Å²) in [5, 5.41) is 9.84. The van der Waals surface area contributed by atoms with Gasteiger partial charge >= 0.3 is 0 Å². The molecule has 4 rings (SSSR count). The Labute approximate surface area is 171 Å². The zero-order valence-corrected chi connectivity index (χ0v) is 16.6. The minimum atomic E-state index is -0.218. The number of fused-ring (bicyclic) bond motifs is 1. The second kappa shape index (κ2) is 8.64. The maximum Gasteiger partial charge on any atom is 0.276 e. The van der Waals surface area contributed by atoms with E-state index in [-0.39, 0.29) is 23.3 Å². The van der Waals surface area contributed by atoms with Crippen LogP contribution in [0.1, 0.15) is 47.3 Å². The van der Waals surface area contributed by atoms with Gasteiger partial charge in [0.25, 0.3) is 5.91 Å². The van der Waals surface area contributed by atoms with E-state index in [0.717, 1.165) is 38.8 Å². The van der Waals surface area contributed by atoms with E-state index in [1.165, 1.54) is 23.4 Å². The Kier molecular flexibility index (Phi) is 5.79. The Hall–Kier alpha value is -2.89. The summed E-state index contributed by atoms with van der Waals surface area (Å²) in [5.74, 6) is 0.395. The molecule has 0 bridgehead atoms. The monoisotopic (exact) mass is 393 g/mol. The highest BCUT2D eigenvalue weighted by molar-refractivity contribution is 5.94. The molecule has 3 heterocycles. The van der Waals surface area contributed by atoms with Crippen LogP contribution in [-0.4, -0.2) is 51.3 Å². The number of nitrogens with zero attached hydrogens (tertiary/aromatic N) is 3. The van der Waals surface area contributed by atoms with Crippen LogP contribution in [0.25, 0.3) is 0 Å². The Morgan fingerprint density at radius 3 is 2.52 bits per heavy atom. The van der Waals surface area contributed by atoms with Crippen LogP contribution in [0.15, 0.2) is 42.6 Å². The number of pyridine rings is 1. The molecule has 2 aliphatic heterocycles. The standard InChI is InChI=1S/C23H27N3O3/c27-20-6-3-12-24-22(20)23(29)25-13-9-17(10-14-25)7-8-21(28)26-15-11-18-4-1-2-5-19(18)16-26/h1-6,12,17,27H,7-11,13-16H2. The van der Waals surface area contributed by atoms with E-state index in [1.54, 1.807) is 11.0 Å². The number of piperidine rings is 1. The summed E-state index contributed by atoms with van der Waals surface area (Å²) < 4.78 is 0. The first-order valence-electron chi connectivity index (χ1n) is 10.4. The zero-order chi connectivity index (χ0) is 20.2. The van der Waals surface area contributed by atoms with Crippen LogP contribution in [0.3, 0.4) is 0 Å². The van der Waals surface area contributed by atoms with E-state index < -0.39 is 0 Å². The highest BCUT2D eigenvalue weighted by Crippen LogP contribution is 2.26. The van der Waals surface area contributed by atoms with E-state index in [2.05, 4.69) is 23.2 Å². The molecular weight excluding hydrogens is 366 g/mol. The van der Waals surface area contributed by atoms with Gasteiger partial charge in [0.1, 0.15) is 5.75 Å². The van der Waals surface area contributed by atoms with Crippen molar-refractivity contribution in [1.29, 1.82) is 0 Å². The minimum Gasteiger partial charge on any atom is -0.505 e. The van der Waals surface area contributed by atoms with Gasteiger partial charge in [-0.2, -0.15) is 0 Å². The van der Waals surface area contributed by atoms with Crippen LogP contribution < -0.4 is 0 Å². The van der Waals surface area contributed by atoms with E-state index in [1.807, 2.05) is 11.0 Å². The molecule has 2 aromatic rings. The van der Waals surface area contributed by atoms with Crippen LogP contribution >= 0.6 is 0 Å². The maximum atomic E-state index is 12.7. The molecule has 0 spiro atoms. The number of rotatable bonds is 4. The lowest BCUT2D eigenvalue weighted by molar-refractivity contribution is -0.132. The average molecular weight is 393 g/mol. The van der Waals surface area contributed by atoms with Gasteiger partial charge in [-0.25, -0.2) is 4.98 Å². The van der Waals surface area contributed by atoms with Gasteiger partial charge in [0.15, 0.2) is 5.69 Å². The van der Waals surface area contributed by atoms with Crippen molar-refractivity contribution in [2.45, 2.75) is 38.6 Å². The number of hydrogen-bond donors (Lipinski definition) is 1. The van der Waals surface area contributed by atoms with Crippen molar-refractivity contribution in [1.82, 2.24) is 14.8 Å². The normalized spacial score (nSPS) is 17.1. The van der Waals surface area contributed by atoms with Crippen LogP contribution in [0.4, 0.5) is 0 Å². The molecule has 0 saturated carbocycles. The third-order valence-electron chi connectivity index (χ3n) is 6.14. The fourth-order valence-electron chi connectivity index (χ4n) is 4.33. The van der Waals surface area contributed by atoms with E-state index in [0.29, 0.717) is 25.4 Å². The third-order valence-corrected chi connectivity index (χ3v) is 6.14. The number of carbonyl (C=O) groups excluding carboxylic acids is 2. The van der Waals surface area contributed by atoms with Gasteiger partial charge in [0.2, 0.25) is 5.91 Å². The quantitative estimate of drug-likeness (QED) is 0.867. The second-order valence-electron chi connectivity index (χ2n) is 7.98. The first kappa shape index (κ1) is 19.4. The summed E-state index contributed by atoms with van der Waals surface area (Å²) in [6, 6.07) is 11.4. The molecule has 0 aliphatic carbocycles. The van der Waals surface area contributed by atoms with Gasteiger partial charge in [0, 0.05) is 38.8 Å². The molecule has 29 heavy (non-hydrogen) atoms. The van der Waals surface area contributed by atoms with Gasteiger partial charge in [-0.05, 0) is 54.9 Å². The number of aromatic hydroxyl groups is 1. The first-order valence-corrected chi connectivity index (χ1v) is 10.4. The molecule has 1 fully saturated rings. The van der Waals surface area contributed by atoms with Gasteiger partial charge in [-0.1, -0.05) is 24.3 Å². The van der Waals surface area contributed by atoms with E-state index >= 15 is 0 Å². The molecule has 1 N–H and O–H groups in total. The summed E-state index contributed by atoms with van der Waals surface area (Å²) in [7, 11) is 0. The largest absolute Gasteiger partial charge is 0.505 e. The highest BCUT2D eigenvalue weighted by atomic mass is 16.3. The van der Waals surface area contributed by atoms with Crippen molar-refractivity contribution >= 4 is 11.8 Å². The van der Waals surface area contributed by atoms with Gasteiger partial charge in [-0.15, -0.1) is 0 Å². The van der Waals surface area contributed by atoms with Crippen molar-refractivity contribution < 1.29 is 14.7 Å². The lowest BCUT2D eigenvalue weighted by Crippen LogP contribution is -2.39. The molecule has 0 radical (unpaired) electrons. The van der Waals surface area contributed by atoms with Crippen molar-refractivity contribution in [3.63, 3.8) is 0 Å². The van der Waals surface area contributed by atoms with Crippen LogP contribution in [0.5, 0.6) is 5.75 Å². The van der Waals surface area contributed by atoms with Gasteiger partial charge in [-0.3, -0.25) is 9.59 Å². The number of carbonyl (C=O) groups is 2. The summed E-state index contributed by atoms with van der Waals surface area (Å²) >= 11 is 0. The lowest BCUT2D eigenvalue weighted by Gasteiger charge is -2.33. The topological polar surface area (TPSA) is 73.7 Å². The fraction of sp³-hybridized carbons (Fsp3) is 0.435. The highest BCUT2D eigenvalue weighted by Gasteiger charge is 2.27. The molecule has 2 aliphatic rings. The SMILES string of the molecule is O=C(CCC1CCN(C(=O)c2ncccc2O)CC1)N1CCc2ccccc2C1. The predicted molar refractivity (Wildman–Crippen MR) is 109 cm³/mol. The summed E-state index contributed by atoms with van der Waals surface area (Å²) in [5.41, 5.74) is 2.73. The number of likely N-dealkylation sites (tertiary alicyclic amines) is 1. The molecule has 1 saturated heterocycles. The molecule has 152 valence electrons. The summed E-state index contributed by atoms with van der Waals surface area (Å²) in [6.45, 7) is 2.81. The smallest absolute Gasteiger partial charge is 0.276 e. The van der Waals surface area contributed by atoms with Crippen molar-refractivity contribution in [3.05, 3.63) is 59.4 Å². The maximum absolute atomic E-state index is 12.7. The minimum absolute atomic E-state index is 0.0756. The molecule has 0 atom stereocenters. The van der Waals surface area contributed by atoms with Gasteiger partial charge in [0.05, 0.1) is 0 Å². The Bertz CT molecular complexity index is 890. The predicted octanol–water partition coefficient (Wildman–Crippen LogP) is 3.00. The molecule has 6 nitrogen and oxygen atoms in total. The van der Waals surface area contributed by atoms with Crippen LogP contribution in [0, 0.1) is 5.92 Å². The Morgan fingerprint density at radius 2 is 1.76 bits per heavy atom. The van der Waals surface area contributed by atoms with E-state index in [4.69, 9.17) is 0 Å². The summed E-state index contributed by atoms with van der Waals surface area (Å²) in [4.78, 5) is 33.0. The first-order chi connectivity index (χ1) is 14.1. The zero-order valence-electron chi connectivity index (χ0n) is 16.6. The lowest BCUT2D eigenvalue weighted by atomic mass is 9.91. The Balaban J connectivity index is 1.24. The van der Waals surface area contributed by atoms with Crippen molar-refractivity contribution in [2.24, 2.45) is 5.92 Å². The van der Waals surface area contributed by atoms with Crippen LogP contribution in [-0.2, 0) is 17.8 Å². The molecule has 0 unspecified atom stereocenters. The molecule has 1 aromatic heterocycles. The van der Waals surface area contributed by atoms with Crippen molar-refractivity contribution in [2.75, 3.05) is 19.6 Å². The molecule has 2 amide bonds. The number of amides is 2. The average Bonchev–Trinajstić information content (AvgIpc) is 2.77. The number of aromatic nitrogens is 1. The number of hydrogen-bond acceptors (Lipinski definition) is 4. The van der Waals surface area contributed by atoms with Crippen molar-refractivity contribution in [3.8, 4) is 5.75 Å². The number of benzene rings is 1. The van der Waals surface area contributed by atoms with Crippen LogP contribution in [0.2, 0.25) is 0 Å². The fourth-order valence-corrected chi connectivity index (χ4v) is 4.33.